The summed E-state index contributed by atoms with van der Waals surface area (Å²) in [4.78, 5) is 2.33. The number of aliphatic hydroxyl groups is 1. The third-order valence-electron chi connectivity index (χ3n) is 5.13. The monoisotopic (exact) mass is 303 g/mol. The van der Waals surface area contributed by atoms with Crippen molar-refractivity contribution in [2.45, 2.75) is 25.0 Å². The van der Waals surface area contributed by atoms with E-state index in [4.69, 9.17) is 0 Å². The van der Waals surface area contributed by atoms with Gasteiger partial charge in [-0.25, -0.2) is 0 Å². The summed E-state index contributed by atoms with van der Waals surface area (Å²) in [6.07, 6.45) is 1.95. The van der Waals surface area contributed by atoms with Crippen LogP contribution in [0.1, 0.15) is 18.4 Å². The number of hydrogen-bond donors (Lipinski definition) is 1. The fourth-order valence-corrected chi connectivity index (χ4v) is 3.72. The number of piperidine rings is 3. The molecule has 0 aliphatic carbocycles. The highest BCUT2D eigenvalue weighted by Gasteiger charge is 2.40. The van der Waals surface area contributed by atoms with Crippen molar-refractivity contribution in [3.8, 4) is 23.0 Å². The predicted octanol–water partition coefficient (Wildman–Crippen LogP) is 3.16. The summed E-state index contributed by atoms with van der Waals surface area (Å²) in [5, 5.41) is 10.4. The van der Waals surface area contributed by atoms with Gasteiger partial charge in [-0.15, -0.1) is 0 Å². The first-order valence-corrected chi connectivity index (χ1v) is 8.40. The Balaban J connectivity index is 1.52. The lowest BCUT2D eigenvalue weighted by Crippen LogP contribution is -2.57. The molecule has 3 aliphatic rings. The molecule has 0 aromatic heterocycles. The number of hydrogen-bond acceptors (Lipinski definition) is 2. The summed E-state index contributed by atoms with van der Waals surface area (Å²) < 4.78 is 0. The zero-order valence-corrected chi connectivity index (χ0v) is 13.2. The molecule has 2 nitrogen and oxygen atoms in total. The summed E-state index contributed by atoms with van der Waals surface area (Å²) in [6, 6.07) is 18.7. The minimum Gasteiger partial charge on any atom is -0.390 e. The van der Waals surface area contributed by atoms with Crippen molar-refractivity contribution in [3.05, 3.63) is 60.2 Å². The van der Waals surface area contributed by atoms with Crippen molar-refractivity contribution in [1.82, 2.24) is 4.90 Å². The van der Waals surface area contributed by atoms with Gasteiger partial charge in [0.05, 0.1) is 12.1 Å². The molecule has 2 aromatic rings. The molecule has 2 heteroatoms. The number of fused-ring (bicyclic) bond motifs is 3. The molecule has 0 saturated carbocycles. The van der Waals surface area contributed by atoms with Gasteiger partial charge in [0.1, 0.15) is 0 Å². The summed E-state index contributed by atoms with van der Waals surface area (Å²) in [7, 11) is 0. The highest BCUT2D eigenvalue weighted by atomic mass is 16.3. The van der Waals surface area contributed by atoms with Crippen LogP contribution >= 0.6 is 0 Å². The zero-order valence-electron chi connectivity index (χ0n) is 13.2. The average Bonchev–Trinajstić information content (AvgIpc) is 2.63. The molecule has 0 radical (unpaired) electrons. The SMILES string of the molecule is OC1C2CCN(CC2)C1C#Cc1ccc(-c2ccccc2)cc1. The van der Waals surface area contributed by atoms with Crippen molar-refractivity contribution >= 4 is 0 Å². The van der Waals surface area contributed by atoms with Gasteiger partial charge in [0.25, 0.3) is 0 Å². The van der Waals surface area contributed by atoms with E-state index in [1.54, 1.807) is 0 Å². The second kappa shape index (κ2) is 6.20. The molecule has 116 valence electrons. The van der Waals surface area contributed by atoms with Gasteiger partial charge in [-0.3, -0.25) is 4.90 Å². The molecule has 2 unspecified atom stereocenters. The molecule has 3 aliphatic heterocycles. The molecule has 5 rings (SSSR count). The van der Waals surface area contributed by atoms with Gasteiger partial charge in [0.2, 0.25) is 0 Å². The molecular formula is C21H21NO. The van der Waals surface area contributed by atoms with E-state index in [9.17, 15) is 5.11 Å². The fraction of sp³-hybridized carbons (Fsp3) is 0.333. The Morgan fingerprint density at radius 1 is 0.870 bits per heavy atom. The first-order chi connectivity index (χ1) is 11.3. The van der Waals surface area contributed by atoms with E-state index in [2.05, 4.69) is 65.3 Å². The van der Waals surface area contributed by atoms with Crippen molar-refractivity contribution in [3.63, 3.8) is 0 Å². The van der Waals surface area contributed by atoms with E-state index in [1.807, 2.05) is 6.07 Å². The Morgan fingerprint density at radius 3 is 2.17 bits per heavy atom. The van der Waals surface area contributed by atoms with Crippen molar-refractivity contribution < 1.29 is 5.11 Å². The first kappa shape index (κ1) is 14.5. The molecule has 3 fully saturated rings. The molecule has 0 spiro atoms. The van der Waals surface area contributed by atoms with Crippen molar-refractivity contribution in [1.29, 1.82) is 0 Å². The first-order valence-electron chi connectivity index (χ1n) is 8.40. The largest absolute Gasteiger partial charge is 0.390 e. The van der Waals surface area contributed by atoms with Crippen LogP contribution in [-0.2, 0) is 0 Å². The van der Waals surface area contributed by atoms with Gasteiger partial charge in [-0.1, -0.05) is 54.3 Å². The summed E-state index contributed by atoms with van der Waals surface area (Å²) in [5.74, 6) is 7.01. The second-order valence-corrected chi connectivity index (χ2v) is 6.52. The third-order valence-corrected chi connectivity index (χ3v) is 5.13. The van der Waals surface area contributed by atoms with Crippen LogP contribution in [0.3, 0.4) is 0 Å². The van der Waals surface area contributed by atoms with Gasteiger partial charge in [0.15, 0.2) is 0 Å². The van der Waals surface area contributed by atoms with Crippen LogP contribution < -0.4 is 0 Å². The maximum atomic E-state index is 10.4. The molecule has 3 saturated heterocycles. The van der Waals surface area contributed by atoms with Gasteiger partial charge >= 0.3 is 0 Å². The van der Waals surface area contributed by atoms with E-state index < -0.39 is 0 Å². The van der Waals surface area contributed by atoms with Crippen LogP contribution in [-0.4, -0.2) is 35.2 Å². The fourth-order valence-electron chi connectivity index (χ4n) is 3.72. The lowest BCUT2D eigenvalue weighted by atomic mass is 9.81. The second-order valence-electron chi connectivity index (χ2n) is 6.52. The van der Waals surface area contributed by atoms with E-state index in [1.165, 1.54) is 11.1 Å². The molecule has 0 amide bonds. The minimum atomic E-state index is -0.284. The number of nitrogens with zero attached hydrogens (tertiary/aromatic N) is 1. The normalized spacial score (nSPS) is 28.9. The van der Waals surface area contributed by atoms with Gasteiger partial charge in [0, 0.05) is 5.56 Å². The average molecular weight is 303 g/mol. The van der Waals surface area contributed by atoms with Crippen LogP contribution in [0.25, 0.3) is 11.1 Å². The van der Waals surface area contributed by atoms with Crippen molar-refractivity contribution in [2.24, 2.45) is 5.92 Å². The minimum absolute atomic E-state index is 0.0105. The lowest BCUT2D eigenvalue weighted by molar-refractivity contribution is -0.0500. The maximum absolute atomic E-state index is 10.4. The smallest absolute Gasteiger partial charge is 0.0983 e. The molecule has 2 aromatic carbocycles. The van der Waals surface area contributed by atoms with E-state index >= 15 is 0 Å². The topological polar surface area (TPSA) is 23.5 Å². The standard InChI is InChI=1S/C21H21NO/c23-21-19-12-14-22(15-13-19)20(21)11-8-16-6-9-18(10-7-16)17-4-2-1-3-5-17/h1-7,9-10,19-21,23H,12-15H2. The Morgan fingerprint density at radius 2 is 1.52 bits per heavy atom. The predicted molar refractivity (Wildman–Crippen MR) is 92.8 cm³/mol. The van der Waals surface area contributed by atoms with Crippen LogP contribution in [0.2, 0.25) is 0 Å². The Labute approximate surface area is 137 Å². The Kier molecular flexibility index (Phi) is 3.91. The van der Waals surface area contributed by atoms with Crippen LogP contribution in [0.5, 0.6) is 0 Å². The zero-order chi connectivity index (χ0) is 15.6. The number of rotatable bonds is 1. The highest BCUT2D eigenvalue weighted by Crippen LogP contribution is 2.32. The van der Waals surface area contributed by atoms with Crippen molar-refractivity contribution in [2.75, 3.05) is 13.1 Å². The van der Waals surface area contributed by atoms with Crippen LogP contribution in [0.4, 0.5) is 0 Å². The van der Waals surface area contributed by atoms with Crippen LogP contribution in [0.15, 0.2) is 54.6 Å². The summed E-state index contributed by atoms with van der Waals surface area (Å²) >= 11 is 0. The third kappa shape index (κ3) is 2.91. The summed E-state index contributed by atoms with van der Waals surface area (Å²) in [6.45, 7) is 2.15. The van der Waals surface area contributed by atoms with E-state index in [0.29, 0.717) is 5.92 Å². The lowest BCUT2D eigenvalue weighted by Gasteiger charge is -2.46. The van der Waals surface area contributed by atoms with Crippen LogP contribution in [0, 0.1) is 17.8 Å². The molecule has 23 heavy (non-hydrogen) atoms. The summed E-state index contributed by atoms with van der Waals surface area (Å²) in [5.41, 5.74) is 3.44. The van der Waals surface area contributed by atoms with Gasteiger partial charge in [-0.05, 0) is 55.1 Å². The highest BCUT2D eigenvalue weighted by molar-refractivity contribution is 5.64. The quantitative estimate of drug-likeness (QED) is 0.818. The van der Waals surface area contributed by atoms with Gasteiger partial charge in [-0.2, -0.15) is 0 Å². The molecule has 1 N–H and O–H groups in total. The Bertz CT molecular complexity index is 716. The molecular weight excluding hydrogens is 282 g/mol. The molecule has 2 atom stereocenters. The molecule has 3 heterocycles. The number of aliphatic hydroxyl groups excluding tert-OH is 1. The number of benzene rings is 2. The maximum Gasteiger partial charge on any atom is 0.0983 e. The molecule has 2 bridgehead atoms. The van der Waals surface area contributed by atoms with E-state index in [-0.39, 0.29) is 12.1 Å². The van der Waals surface area contributed by atoms with E-state index in [0.717, 1.165) is 31.5 Å². The van der Waals surface area contributed by atoms with Gasteiger partial charge < -0.3 is 5.11 Å². The Hall–Kier alpha value is -2.08.